The Morgan fingerprint density at radius 1 is 1.75 bits per heavy atom. The first-order valence-electron chi connectivity index (χ1n) is 2.03. The first-order chi connectivity index (χ1) is 3.68. The smallest absolute Gasteiger partial charge is 0.262 e. The van der Waals surface area contributed by atoms with Crippen molar-refractivity contribution in [3.05, 3.63) is 12.2 Å². The minimum absolute atomic E-state index is 0.339. The Hall–Kier alpha value is -0.870. The second-order valence-corrected chi connectivity index (χ2v) is 1.35. The van der Waals surface area contributed by atoms with Gasteiger partial charge in [-0.2, -0.15) is 0 Å². The summed E-state index contributed by atoms with van der Waals surface area (Å²) in [5.41, 5.74) is 3.74. The van der Waals surface area contributed by atoms with Gasteiger partial charge in [0.1, 0.15) is 0 Å². The Kier molecular flexibility index (Phi) is 2.83. The maximum atomic E-state index is 10.3. The van der Waals surface area contributed by atoms with Crippen molar-refractivity contribution in [1.29, 1.82) is 0 Å². The Bertz CT molecular complexity index is 111. The molecule has 46 valence electrons. The highest BCUT2D eigenvalue weighted by Gasteiger charge is 1.95. The van der Waals surface area contributed by atoms with Crippen molar-refractivity contribution in [1.82, 2.24) is 11.0 Å². The van der Waals surface area contributed by atoms with E-state index in [1.54, 1.807) is 0 Å². The maximum absolute atomic E-state index is 10.3. The molecule has 1 amide bonds. The molecule has 0 aliphatic heterocycles. The summed E-state index contributed by atoms with van der Waals surface area (Å²) in [6, 6.07) is 0. The van der Waals surface area contributed by atoms with Gasteiger partial charge in [-0.3, -0.25) is 15.4 Å². The largest absolute Gasteiger partial charge is 0.297 e. The topological polar surface area (TPSA) is 61.4 Å². The second kappa shape index (κ2) is 3.17. The number of hydrogen-bond donors (Lipinski definition) is 3. The van der Waals surface area contributed by atoms with E-state index in [1.165, 1.54) is 12.5 Å². The van der Waals surface area contributed by atoms with Gasteiger partial charge in [0.15, 0.2) is 0 Å². The number of carbonyl (C=O) groups is 1. The first kappa shape index (κ1) is 7.13. The average Bonchev–Trinajstić information content (AvgIpc) is 1.67. The summed E-state index contributed by atoms with van der Waals surface area (Å²) >= 11 is 0. The summed E-state index contributed by atoms with van der Waals surface area (Å²) in [6.45, 7) is 4.84. The predicted molar refractivity (Wildman–Crippen MR) is 27.9 cm³/mol. The van der Waals surface area contributed by atoms with Crippen LogP contribution < -0.4 is 11.0 Å². The molecule has 4 heteroatoms. The molecule has 0 unspecified atom stereocenters. The second-order valence-electron chi connectivity index (χ2n) is 1.35. The molecule has 0 atom stereocenters. The molecule has 0 spiro atoms. The van der Waals surface area contributed by atoms with E-state index in [4.69, 9.17) is 5.21 Å². The molecular formula is C4H8N2O2. The third-order valence-corrected chi connectivity index (χ3v) is 0.557. The Labute approximate surface area is 47.1 Å². The third-order valence-electron chi connectivity index (χ3n) is 0.557. The molecule has 0 bridgehead atoms. The van der Waals surface area contributed by atoms with Crippen molar-refractivity contribution in [2.24, 2.45) is 0 Å². The summed E-state index contributed by atoms with van der Waals surface area (Å²) in [5.74, 6) is -0.424. The summed E-state index contributed by atoms with van der Waals surface area (Å²) in [5, 5.41) is 7.86. The van der Waals surface area contributed by atoms with Gasteiger partial charge in [0, 0.05) is 5.57 Å². The number of hydrazine groups is 1. The highest BCUT2D eigenvalue weighted by molar-refractivity contribution is 5.91. The van der Waals surface area contributed by atoms with Crippen LogP contribution in [-0.4, -0.2) is 11.1 Å². The van der Waals surface area contributed by atoms with Crippen LogP contribution in [0.3, 0.4) is 0 Å². The molecule has 0 saturated carbocycles. The van der Waals surface area contributed by atoms with E-state index in [1.807, 2.05) is 5.43 Å². The van der Waals surface area contributed by atoms with E-state index in [-0.39, 0.29) is 0 Å². The third kappa shape index (κ3) is 2.33. The average molecular weight is 116 g/mol. The number of hydrogen-bond acceptors (Lipinski definition) is 3. The van der Waals surface area contributed by atoms with Crippen molar-refractivity contribution in [2.75, 3.05) is 0 Å². The van der Waals surface area contributed by atoms with Gasteiger partial charge in [-0.25, -0.2) is 0 Å². The van der Waals surface area contributed by atoms with Crippen LogP contribution in [0.25, 0.3) is 0 Å². The van der Waals surface area contributed by atoms with Crippen molar-refractivity contribution >= 4 is 5.91 Å². The Morgan fingerprint density at radius 3 is 2.38 bits per heavy atom. The van der Waals surface area contributed by atoms with Crippen molar-refractivity contribution in [2.45, 2.75) is 6.92 Å². The summed E-state index contributed by atoms with van der Waals surface area (Å²) in [4.78, 5) is 10.3. The minimum Gasteiger partial charge on any atom is -0.297 e. The quantitative estimate of drug-likeness (QED) is 0.339. The van der Waals surface area contributed by atoms with Crippen molar-refractivity contribution < 1.29 is 10.0 Å². The minimum atomic E-state index is -0.424. The van der Waals surface area contributed by atoms with Gasteiger partial charge in [0.05, 0.1) is 0 Å². The fourth-order valence-corrected chi connectivity index (χ4v) is 0.157. The lowest BCUT2D eigenvalue weighted by Gasteiger charge is -1.97. The molecule has 0 rings (SSSR count). The van der Waals surface area contributed by atoms with Crippen LogP contribution in [0, 0.1) is 0 Å². The molecule has 0 saturated heterocycles. The molecule has 0 fully saturated rings. The van der Waals surface area contributed by atoms with Crippen LogP contribution in [0.5, 0.6) is 0 Å². The fraction of sp³-hybridized carbons (Fsp3) is 0.250. The zero-order valence-corrected chi connectivity index (χ0v) is 4.56. The van der Waals surface area contributed by atoms with Crippen molar-refractivity contribution in [3.63, 3.8) is 0 Å². The van der Waals surface area contributed by atoms with E-state index < -0.39 is 5.91 Å². The molecule has 0 aromatic rings. The molecule has 0 aromatic heterocycles. The van der Waals surface area contributed by atoms with Gasteiger partial charge in [0.25, 0.3) is 5.91 Å². The number of amides is 1. The Morgan fingerprint density at radius 2 is 2.25 bits per heavy atom. The summed E-state index contributed by atoms with van der Waals surface area (Å²) < 4.78 is 0. The lowest BCUT2D eigenvalue weighted by molar-refractivity contribution is -0.121. The molecule has 4 nitrogen and oxygen atoms in total. The molecule has 3 N–H and O–H groups in total. The van der Waals surface area contributed by atoms with Gasteiger partial charge in [-0.05, 0) is 6.92 Å². The molecule has 0 heterocycles. The van der Waals surface area contributed by atoms with Crippen LogP contribution in [0.15, 0.2) is 12.2 Å². The predicted octanol–water partition coefficient (Wildman–Crippen LogP) is -0.427. The molecule has 0 aliphatic rings. The molecule has 0 aromatic carbocycles. The van der Waals surface area contributed by atoms with Gasteiger partial charge in [-0.15, -0.1) is 5.59 Å². The molecular weight excluding hydrogens is 108 g/mol. The van der Waals surface area contributed by atoms with Crippen LogP contribution >= 0.6 is 0 Å². The highest BCUT2D eigenvalue weighted by Crippen LogP contribution is 1.81. The molecule has 0 aliphatic carbocycles. The molecule has 0 radical (unpaired) electrons. The normalized spacial score (nSPS) is 8.25. The van der Waals surface area contributed by atoms with Gasteiger partial charge in [0.2, 0.25) is 0 Å². The summed E-state index contributed by atoms with van der Waals surface area (Å²) in [7, 11) is 0. The lowest BCUT2D eigenvalue weighted by Crippen LogP contribution is -2.34. The SMILES string of the molecule is C=C(C)C(=O)NNO. The zero-order valence-electron chi connectivity index (χ0n) is 4.56. The van der Waals surface area contributed by atoms with E-state index in [9.17, 15) is 4.79 Å². The number of rotatable bonds is 2. The van der Waals surface area contributed by atoms with Crippen LogP contribution in [0.2, 0.25) is 0 Å². The van der Waals surface area contributed by atoms with E-state index in [0.717, 1.165) is 0 Å². The van der Waals surface area contributed by atoms with Crippen LogP contribution in [0.4, 0.5) is 0 Å². The van der Waals surface area contributed by atoms with Crippen molar-refractivity contribution in [3.8, 4) is 0 Å². The fourth-order valence-electron chi connectivity index (χ4n) is 0.157. The van der Waals surface area contributed by atoms with E-state index in [0.29, 0.717) is 5.57 Å². The van der Waals surface area contributed by atoms with E-state index in [2.05, 4.69) is 6.58 Å². The highest BCUT2D eigenvalue weighted by atomic mass is 16.5. The van der Waals surface area contributed by atoms with Crippen LogP contribution in [-0.2, 0) is 4.79 Å². The Balaban J connectivity index is 3.49. The summed E-state index contributed by atoms with van der Waals surface area (Å²) in [6.07, 6.45) is 0. The monoisotopic (exact) mass is 116 g/mol. The van der Waals surface area contributed by atoms with E-state index >= 15 is 0 Å². The first-order valence-corrected chi connectivity index (χ1v) is 2.03. The zero-order chi connectivity index (χ0) is 6.57. The lowest BCUT2D eigenvalue weighted by atomic mass is 10.3. The number of carbonyl (C=O) groups excluding carboxylic acids is 1. The standard InChI is InChI=1S/C4H8N2O2/c1-3(2)4(7)5-6-8/h6,8H,1H2,2H3,(H,5,7). The van der Waals surface area contributed by atoms with Gasteiger partial charge in [-0.1, -0.05) is 6.58 Å². The van der Waals surface area contributed by atoms with Gasteiger partial charge >= 0.3 is 0 Å². The number of nitrogens with one attached hydrogen (secondary N) is 2. The molecule has 8 heavy (non-hydrogen) atoms. The maximum Gasteiger partial charge on any atom is 0.262 e. The van der Waals surface area contributed by atoms with Gasteiger partial charge < -0.3 is 0 Å². The van der Waals surface area contributed by atoms with Crippen LogP contribution in [0.1, 0.15) is 6.92 Å².